The van der Waals surface area contributed by atoms with Gasteiger partial charge in [-0.2, -0.15) is 4.31 Å². The summed E-state index contributed by atoms with van der Waals surface area (Å²) in [4.78, 5) is 0.0779. The summed E-state index contributed by atoms with van der Waals surface area (Å²) < 4.78 is 65.5. The number of hydrogen-bond acceptors (Lipinski definition) is 8. The first-order valence-corrected chi connectivity index (χ1v) is 15.8. The third-order valence-electron chi connectivity index (χ3n) is 6.82. The lowest BCUT2D eigenvalue weighted by Crippen LogP contribution is -2.47. The van der Waals surface area contributed by atoms with Crippen LogP contribution in [0, 0.1) is 0 Å². The second kappa shape index (κ2) is 11.9. The van der Waals surface area contributed by atoms with Gasteiger partial charge in [0.1, 0.15) is 23.4 Å². The Morgan fingerprint density at radius 3 is 2.61 bits per heavy atom. The van der Waals surface area contributed by atoms with Crippen LogP contribution in [0.2, 0.25) is 10.0 Å². The van der Waals surface area contributed by atoms with E-state index in [4.69, 9.17) is 32.7 Å². The molecule has 0 aromatic heterocycles. The topological polar surface area (TPSA) is 134 Å². The maximum absolute atomic E-state index is 13.1. The number of nitrogens with one attached hydrogen (secondary N) is 2. The smallest absolute Gasteiger partial charge is 0.244 e. The number of ether oxygens (including phenoxy) is 2. The van der Waals surface area contributed by atoms with E-state index in [1.807, 2.05) is 0 Å². The molecule has 2 aromatic carbocycles. The molecule has 2 aliphatic rings. The van der Waals surface area contributed by atoms with Crippen LogP contribution in [-0.4, -0.2) is 83.9 Å². The van der Waals surface area contributed by atoms with Crippen molar-refractivity contribution < 1.29 is 31.4 Å². The first-order chi connectivity index (χ1) is 17.9. The minimum atomic E-state index is -3.78. The van der Waals surface area contributed by atoms with Gasteiger partial charge in [-0.1, -0.05) is 29.3 Å². The van der Waals surface area contributed by atoms with E-state index in [2.05, 4.69) is 10.0 Å². The third kappa shape index (κ3) is 6.80. The fraction of sp³-hybridized carbons (Fsp3) is 0.500. The fourth-order valence-corrected chi connectivity index (χ4v) is 7.62. The molecular formula is C24H31Cl2N3O7S2. The number of aliphatic hydroxyl groups excluding tert-OH is 1. The highest BCUT2D eigenvalue weighted by Crippen LogP contribution is 2.38. The zero-order valence-electron chi connectivity index (χ0n) is 20.8. The Kier molecular flexibility index (Phi) is 9.28. The molecule has 210 valence electrons. The second-order valence-electron chi connectivity index (χ2n) is 9.43. The normalized spacial score (nSPS) is 21.0. The van der Waals surface area contributed by atoms with Crippen molar-refractivity contribution in [3.8, 4) is 5.75 Å². The average molecular weight is 609 g/mol. The van der Waals surface area contributed by atoms with Gasteiger partial charge in [-0.05, 0) is 56.6 Å². The molecule has 2 heterocycles. The van der Waals surface area contributed by atoms with Crippen molar-refractivity contribution in [1.29, 1.82) is 0 Å². The molecule has 2 fully saturated rings. The Morgan fingerprint density at radius 1 is 1.16 bits per heavy atom. The van der Waals surface area contributed by atoms with Crippen LogP contribution in [0.3, 0.4) is 0 Å². The molecule has 3 N–H and O–H groups in total. The summed E-state index contributed by atoms with van der Waals surface area (Å²) in [6.45, 7) is 1.29. The Morgan fingerprint density at radius 2 is 1.89 bits per heavy atom. The number of aliphatic hydroxyl groups is 1. The Balaban J connectivity index is 1.24. The van der Waals surface area contributed by atoms with Gasteiger partial charge in [-0.25, -0.2) is 21.6 Å². The van der Waals surface area contributed by atoms with Gasteiger partial charge >= 0.3 is 0 Å². The second-order valence-corrected chi connectivity index (χ2v) is 14.1. The van der Waals surface area contributed by atoms with E-state index in [9.17, 15) is 21.9 Å². The van der Waals surface area contributed by atoms with Gasteiger partial charge in [-0.15, -0.1) is 0 Å². The van der Waals surface area contributed by atoms with Crippen LogP contribution in [0.1, 0.15) is 19.3 Å². The summed E-state index contributed by atoms with van der Waals surface area (Å²) in [6, 6.07) is 10.4. The zero-order valence-corrected chi connectivity index (χ0v) is 23.9. The number of hydrogen-bond donors (Lipinski definition) is 3. The van der Waals surface area contributed by atoms with Crippen molar-refractivity contribution in [2.24, 2.45) is 0 Å². The van der Waals surface area contributed by atoms with E-state index in [0.717, 1.165) is 0 Å². The predicted octanol–water partition coefficient (Wildman–Crippen LogP) is 2.24. The monoisotopic (exact) mass is 607 g/mol. The number of rotatable bonds is 10. The number of benzene rings is 2. The lowest BCUT2D eigenvalue weighted by Gasteiger charge is -2.38. The van der Waals surface area contributed by atoms with E-state index < -0.39 is 31.8 Å². The molecule has 0 amide bonds. The van der Waals surface area contributed by atoms with Crippen LogP contribution in [-0.2, 0) is 24.8 Å². The lowest BCUT2D eigenvalue weighted by molar-refractivity contribution is -0.0312. The van der Waals surface area contributed by atoms with Crippen molar-refractivity contribution in [3.63, 3.8) is 0 Å². The summed E-state index contributed by atoms with van der Waals surface area (Å²) in [5.41, 5.74) is -0.428. The minimum absolute atomic E-state index is 0.000666. The number of halogens is 2. The van der Waals surface area contributed by atoms with E-state index >= 15 is 0 Å². The molecule has 2 atom stereocenters. The van der Waals surface area contributed by atoms with E-state index in [1.165, 1.54) is 35.6 Å². The van der Waals surface area contributed by atoms with Crippen LogP contribution >= 0.6 is 23.2 Å². The van der Waals surface area contributed by atoms with Gasteiger partial charge in [0.05, 0.1) is 22.1 Å². The highest BCUT2D eigenvalue weighted by Gasteiger charge is 2.45. The first kappa shape index (κ1) is 29.5. The number of sulfonamides is 2. The van der Waals surface area contributed by atoms with E-state index in [1.54, 1.807) is 18.2 Å². The SMILES string of the molecule is CNS(=O)(=O)c1cccc(OCC(O)CNC2COC3(CCN(S(=O)(=O)c4cc(Cl)ccc4Cl)CC3)C2)c1. The fourth-order valence-electron chi connectivity index (χ4n) is 4.67. The molecular weight excluding hydrogens is 577 g/mol. The van der Waals surface area contributed by atoms with Crippen LogP contribution in [0.5, 0.6) is 5.75 Å². The van der Waals surface area contributed by atoms with Gasteiger partial charge in [-0.3, -0.25) is 0 Å². The van der Waals surface area contributed by atoms with Crippen LogP contribution in [0.15, 0.2) is 52.3 Å². The molecule has 2 unspecified atom stereocenters. The highest BCUT2D eigenvalue weighted by atomic mass is 35.5. The van der Waals surface area contributed by atoms with Crippen LogP contribution in [0.4, 0.5) is 0 Å². The van der Waals surface area contributed by atoms with E-state index in [-0.39, 0.29) is 34.0 Å². The Hall–Kier alpha value is -1.48. The molecule has 1 spiro atoms. The van der Waals surface area contributed by atoms with Crippen molar-refractivity contribution in [2.75, 3.05) is 39.9 Å². The molecule has 0 bridgehead atoms. The summed E-state index contributed by atoms with van der Waals surface area (Å²) >= 11 is 12.1. The molecule has 10 nitrogen and oxygen atoms in total. The predicted molar refractivity (Wildman–Crippen MR) is 144 cm³/mol. The van der Waals surface area contributed by atoms with E-state index in [0.29, 0.717) is 49.7 Å². The maximum atomic E-state index is 13.1. The van der Waals surface area contributed by atoms with Gasteiger partial charge in [0, 0.05) is 36.8 Å². The summed E-state index contributed by atoms with van der Waals surface area (Å²) in [6.07, 6.45) is 0.946. The first-order valence-electron chi connectivity index (χ1n) is 12.1. The molecule has 0 radical (unpaired) electrons. The van der Waals surface area contributed by atoms with Crippen molar-refractivity contribution >= 4 is 43.2 Å². The molecule has 2 aliphatic heterocycles. The molecule has 0 saturated carbocycles. The largest absolute Gasteiger partial charge is 0.491 e. The number of nitrogens with zero attached hydrogens (tertiary/aromatic N) is 1. The van der Waals surface area contributed by atoms with Gasteiger partial charge < -0.3 is 19.9 Å². The maximum Gasteiger partial charge on any atom is 0.244 e. The molecule has 2 saturated heterocycles. The Bertz CT molecular complexity index is 1350. The average Bonchev–Trinajstić information content (AvgIpc) is 3.30. The minimum Gasteiger partial charge on any atom is -0.491 e. The van der Waals surface area contributed by atoms with Crippen LogP contribution in [0.25, 0.3) is 0 Å². The lowest BCUT2D eigenvalue weighted by atomic mass is 9.88. The number of piperidine rings is 1. The molecule has 2 aromatic rings. The molecule has 14 heteroatoms. The van der Waals surface area contributed by atoms with Gasteiger partial charge in [0.2, 0.25) is 20.0 Å². The standard InChI is InChI=1S/C24H31Cl2N3O7S2/c1-27-37(31,32)21-4-2-3-20(12-21)35-16-19(30)14-28-18-13-24(36-15-18)7-9-29(10-8-24)38(33,34)23-11-17(25)5-6-22(23)26/h2-6,11-12,18-19,27-28,30H,7-10,13-16H2,1H3. The van der Waals surface area contributed by atoms with Crippen LogP contribution < -0.4 is 14.8 Å². The van der Waals surface area contributed by atoms with Gasteiger partial charge in [0.15, 0.2) is 0 Å². The molecule has 38 heavy (non-hydrogen) atoms. The van der Waals surface area contributed by atoms with Crippen molar-refractivity contribution in [1.82, 2.24) is 14.3 Å². The summed E-state index contributed by atoms with van der Waals surface area (Å²) in [7, 11) is -6.04. The van der Waals surface area contributed by atoms with Crippen molar-refractivity contribution in [2.45, 2.75) is 46.8 Å². The third-order valence-corrected chi connectivity index (χ3v) is 10.9. The quantitative estimate of drug-likeness (QED) is 0.374. The summed E-state index contributed by atoms with van der Waals surface area (Å²) in [5, 5.41) is 14.1. The molecule has 4 rings (SSSR count). The summed E-state index contributed by atoms with van der Waals surface area (Å²) in [5.74, 6) is 0.337. The highest BCUT2D eigenvalue weighted by molar-refractivity contribution is 7.89. The van der Waals surface area contributed by atoms with Gasteiger partial charge in [0.25, 0.3) is 0 Å². The zero-order chi connectivity index (χ0) is 27.6. The van der Waals surface area contributed by atoms with Crippen molar-refractivity contribution in [3.05, 3.63) is 52.5 Å². The molecule has 0 aliphatic carbocycles. The Labute approximate surface area is 233 Å².